The Balaban J connectivity index is 1.63. The molecule has 2 heterocycles. The minimum atomic E-state index is -0.438. The molecular formula is C20H28FN5O2. The second-order valence-electron chi connectivity index (χ2n) is 7.82. The van der Waals surface area contributed by atoms with Gasteiger partial charge in [0.05, 0.1) is 30.0 Å². The molecule has 1 aliphatic heterocycles. The number of amides is 2. The molecule has 3 rings (SSSR count). The summed E-state index contributed by atoms with van der Waals surface area (Å²) in [7, 11) is 1.69. The van der Waals surface area contributed by atoms with Crippen LogP contribution in [0.5, 0.6) is 0 Å². The molecule has 2 N–H and O–H groups in total. The molecule has 152 valence electrons. The number of hydrogen-bond donors (Lipinski definition) is 2. The summed E-state index contributed by atoms with van der Waals surface area (Å²) in [6, 6.07) is 3.90. The van der Waals surface area contributed by atoms with E-state index in [1.54, 1.807) is 18.0 Å². The van der Waals surface area contributed by atoms with Crippen LogP contribution in [0.2, 0.25) is 0 Å². The molecule has 1 fully saturated rings. The zero-order valence-electron chi connectivity index (χ0n) is 16.7. The normalized spacial score (nSPS) is 17.9. The number of H-pyrrole nitrogens is 1. The van der Waals surface area contributed by atoms with Crippen LogP contribution in [0.1, 0.15) is 32.5 Å². The van der Waals surface area contributed by atoms with Gasteiger partial charge in [0.2, 0.25) is 11.8 Å². The van der Waals surface area contributed by atoms with Crippen molar-refractivity contribution in [3.05, 3.63) is 29.8 Å². The molecule has 1 aromatic carbocycles. The van der Waals surface area contributed by atoms with Crippen LogP contribution in [-0.4, -0.2) is 64.3 Å². The lowest BCUT2D eigenvalue weighted by Gasteiger charge is -2.35. The molecule has 28 heavy (non-hydrogen) atoms. The number of halogens is 1. The summed E-state index contributed by atoms with van der Waals surface area (Å²) in [6.45, 7) is 6.76. The fourth-order valence-corrected chi connectivity index (χ4v) is 3.42. The molecular weight excluding hydrogens is 361 g/mol. The first-order valence-corrected chi connectivity index (χ1v) is 9.73. The van der Waals surface area contributed by atoms with Gasteiger partial charge < -0.3 is 15.2 Å². The molecule has 0 unspecified atom stereocenters. The highest BCUT2D eigenvalue weighted by molar-refractivity contribution is 5.88. The van der Waals surface area contributed by atoms with E-state index in [2.05, 4.69) is 34.0 Å². The highest BCUT2D eigenvalue weighted by atomic mass is 19.1. The first-order chi connectivity index (χ1) is 13.3. The Labute approximate surface area is 164 Å². The van der Waals surface area contributed by atoms with Gasteiger partial charge in [0.25, 0.3) is 0 Å². The minimum Gasteiger partial charge on any atom is -0.353 e. The van der Waals surface area contributed by atoms with E-state index in [9.17, 15) is 14.0 Å². The van der Waals surface area contributed by atoms with E-state index in [4.69, 9.17) is 0 Å². The Hall–Kier alpha value is -2.48. The number of rotatable bonds is 7. The summed E-state index contributed by atoms with van der Waals surface area (Å²) < 4.78 is 13.3. The molecule has 0 saturated carbocycles. The number of hydrogen-bond acceptors (Lipinski definition) is 4. The quantitative estimate of drug-likeness (QED) is 0.758. The molecule has 1 atom stereocenters. The lowest BCUT2D eigenvalue weighted by Crippen LogP contribution is -2.56. The van der Waals surface area contributed by atoms with Crippen molar-refractivity contribution in [1.29, 1.82) is 0 Å². The van der Waals surface area contributed by atoms with Gasteiger partial charge in [-0.15, -0.1) is 0 Å². The maximum absolute atomic E-state index is 13.3. The molecule has 1 aliphatic rings. The van der Waals surface area contributed by atoms with Gasteiger partial charge >= 0.3 is 0 Å². The summed E-state index contributed by atoms with van der Waals surface area (Å²) in [4.78, 5) is 36.2. The van der Waals surface area contributed by atoms with E-state index >= 15 is 0 Å². The van der Waals surface area contributed by atoms with Crippen molar-refractivity contribution >= 4 is 22.8 Å². The monoisotopic (exact) mass is 389 g/mol. The Morgan fingerprint density at radius 1 is 1.43 bits per heavy atom. The smallest absolute Gasteiger partial charge is 0.237 e. The first-order valence-electron chi connectivity index (χ1n) is 9.73. The molecule has 8 heteroatoms. The van der Waals surface area contributed by atoms with Crippen LogP contribution in [0, 0.1) is 11.7 Å². The van der Waals surface area contributed by atoms with Crippen molar-refractivity contribution in [1.82, 2.24) is 25.1 Å². The number of aromatic nitrogens is 2. The maximum atomic E-state index is 13.3. The van der Waals surface area contributed by atoms with E-state index in [1.807, 2.05) is 0 Å². The summed E-state index contributed by atoms with van der Waals surface area (Å²) in [5.41, 5.74) is 1.26. The van der Waals surface area contributed by atoms with Crippen molar-refractivity contribution in [3.63, 3.8) is 0 Å². The Bertz CT molecular complexity index is 850. The molecule has 0 radical (unpaired) electrons. The van der Waals surface area contributed by atoms with Crippen LogP contribution in [-0.2, 0) is 16.1 Å². The zero-order chi connectivity index (χ0) is 20.3. The second-order valence-corrected chi connectivity index (χ2v) is 7.82. The average molecular weight is 389 g/mol. The molecule has 7 nitrogen and oxygen atoms in total. The number of piperazine rings is 1. The SMILES string of the molecule is CC(C)CCN1CCNC(=O)[C@@H]1CC(=O)N(C)Cc1nc2ccc(F)cc2[nH]1. The van der Waals surface area contributed by atoms with Gasteiger partial charge in [0, 0.05) is 20.1 Å². The van der Waals surface area contributed by atoms with Crippen molar-refractivity contribution in [2.75, 3.05) is 26.7 Å². The third kappa shape index (κ3) is 4.86. The predicted molar refractivity (Wildman–Crippen MR) is 105 cm³/mol. The maximum Gasteiger partial charge on any atom is 0.237 e. The first kappa shape index (κ1) is 20.3. The van der Waals surface area contributed by atoms with Crippen LogP contribution in [0.25, 0.3) is 11.0 Å². The van der Waals surface area contributed by atoms with Gasteiger partial charge in [-0.3, -0.25) is 14.5 Å². The third-order valence-electron chi connectivity index (χ3n) is 5.11. The van der Waals surface area contributed by atoms with Crippen LogP contribution in [0.4, 0.5) is 4.39 Å². The van der Waals surface area contributed by atoms with Crippen molar-refractivity contribution in [3.8, 4) is 0 Å². The predicted octanol–water partition coefficient (Wildman–Crippen LogP) is 1.90. The lowest BCUT2D eigenvalue weighted by atomic mass is 10.1. The number of imidazole rings is 1. The largest absolute Gasteiger partial charge is 0.353 e. The highest BCUT2D eigenvalue weighted by Gasteiger charge is 2.32. The van der Waals surface area contributed by atoms with Gasteiger partial charge in [-0.1, -0.05) is 13.8 Å². The number of benzene rings is 1. The van der Waals surface area contributed by atoms with Gasteiger partial charge in [-0.2, -0.15) is 0 Å². The fraction of sp³-hybridized carbons (Fsp3) is 0.550. The van der Waals surface area contributed by atoms with E-state index in [0.717, 1.165) is 19.5 Å². The zero-order valence-corrected chi connectivity index (χ0v) is 16.7. The number of nitrogens with one attached hydrogen (secondary N) is 2. The number of fused-ring (bicyclic) bond motifs is 1. The minimum absolute atomic E-state index is 0.0871. The Kier molecular flexibility index (Phi) is 6.28. The van der Waals surface area contributed by atoms with E-state index in [1.165, 1.54) is 12.1 Å². The van der Waals surface area contributed by atoms with Crippen LogP contribution >= 0.6 is 0 Å². The van der Waals surface area contributed by atoms with Crippen LogP contribution in [0.15, 0.2) is 18.2 Å². The van der Waals surface area contributed by atoms with Crippen molar-refractivity contribution < 1.29 is 14.0 Å². The Morgan fingerprint density at radius 3 is 2.96 bits per heavy atom. The molecule has 2 amide bonds. The summed E-state index contributed by atoms with van der Waals surface area (Å²) in [5, 5.41) is 2.86. The van der Waals surface area contributed by atoms with Crippen LogP contribution in [0.3, 0.4) is 0 Å². The van der Waals surface area contributed by atoms with Gasteiger partial charge in [0.15, 0.2) is 0 Å². The summed E-state index contributed by atoms with van der Waals surface area (Å²) in [5.74, 6) is 0.583. The summed E-state index contributed by atoms with van der Waals surface area (Å²) >= 11 is 0. The molecule has 1 aromatic heterocycles. The fourth-order valence-electron chi connectivity index (χ4n) is 3.42. The molecule has 1 saturated heterocycles. The van der Waals surface area contributed by atoms with Gasteiger partial charge in [0.1, 0.15) is 11.6 Å². The molecule has 0 bridgehead atoms. The van der Waals surface area contributed by atoms with Crippen molar-refractivity contribution in [2.45, 2.75) is 39.3 Å². The topological polar surface area (TPSA) is 81.3 Å². The van der Waals surface area contributed by atoms with E-state index in [0.29, 0.717) is 29.3 Å². The van der Waals surface area contributed by atoms with Crippen molar-refractivity contribution in [2.24, 2.45) is 5.92 Å². The van der Waals surface area contributed by atoms with Gasteiger partial charge in [-0.05, 0) is 37.1 Å². The van der Waals surface area contributed by atoms with E-state index < -0.39 is 6.04 Å². The lowest BCUT2D eigenvalue weighted by molar-refractivity contribution is -0.138. The highest BCUT2D eigenvalue weighted by Crippen LogP contribution is 2.16. The number of carbonyl (C=O) groups is 2. The number of carbonyl (C=O) groups excluding carboxylic acids is 2. The van der Waals surface area contributed by atoms with Gasteiger partial charge in [-0.25, -0.2) is 9.37 Å². The standard InChI is InChI=1S/C20H28FN5O2/c1-13(2)6-8-26-9-7-22-20(28)17(26)11-19(27)25(3)12-18-23-15-5-4-14(21)10-16(15)24-18/h4-5,10,13,17H,6-9,11-12H2,1-3H3,(H,22,28)(H,23,24)/t17-/m0/s1. The van der Waals surface area contributed by atoms with Crippen LogP contribution < -0.4 is 5.32 Å². The van der Waals surface area contributed by atoms with E-state index in [-0.39, 0.29) is 30.6 Å². The second kappa shape index (κ2) is 8.68. The molecule has 2 aromatic rings. The average Bonchev–Trinajstić information content (AvgIpc) is 3.03. The summed E-state index contributed by atoms with van der Waals surface area (Å²) in [6.07, 6.45) is 1.12. The number of aromatic amines is 1. The molecule has 0 spiro atoms. The number of nitrogens with zero attached hydrogens (tertiary/aromatic N) is 3. The Morgan fingerprint density at radius 2 is 2.21 bits per heavy atom. The molecule has 0 aliphatic carbocycles. The third-order valence-corrected chi connectivity index (χ3v) is 5.11.